The zero-order valence-corrected chi connectivity index (χ0v) is 12.5. The third-order valence-electron chi connectivity index (χ3n) is 3.39. The average Bonchev–Trinajstić information content (AvgIpc) is 2.44. The molecule has 1 rings (SSSR count). The molecule has 5 nitrogen and oxygen atoms in total. The molecule has 1 aromatic heterocycles. The van der Waals surface area contributed by atoms with Crippen molar-refractivity contribution in [1.29, 1.82) is 0 Å². The van der Waals surface area contributed by atoms with Gasteiger partial charge in [0.25, 0.3) is 0 Å². The third-order valence-corrected chi connectivity index (χ3v) is 3.39. The molecule has 20 heavy (non-hydrogen) atoms. The van der Waals surface area contributed by atoms with E-state index < -0.39 is 0 Å². The first-order valence-electron chi connectivity index (χ1n) is 6.99. The lowest BCUT2D eigenvalue weighted by atomic mass is 9.85. The maximum Gasteiger partial charge on any atom is 0.314 e. The van der Waals surface area contributed by atoms with Crippen LogP contribution in [0.2, 0.25) is 0 Å². The van der Waals surface area contributed by atoms with Crippen LogP contribution in [0.25, 0.3) is 0 Å². The van der Waals surface area contributed by atoms with Gasteiger partial charge in [-0.05, 0) is 30.0 Å². The Balaban J connectivity index is 2.37. The normalized spacial score (nSPS) is 12.8. The SMILES string of the molecule is CC(CCO)CNC(=O)NCC(C)(C)c1ccncc1. The number of urea groups is 1. The number of pyridine rings is 1. The lowest BCUT2D eigenvalue weighted by molar-refractivity contribution is 0.232. The quantitative estimate of drug-likeness (QED) is 0.711. The lowest BCUT2D eigenvalue weighted by Gasteiger charge is -2.25. The van der Waals surface area contributed by atoms with Crippen LogP contribution in [0.1, 0.15) is 32.8 Å². The molecule has 0 spiro atoms. The molecular formula is C15H25N3O2. The minimum Gasteiger partial charge on any atom is -0.396 e. The summed E-state index contributed by atoms with van der Waals surface area (Å²) in [5.41, 5.74) is 0.998. The molecule has 0 bridgehead atoms. The third kappa shape index (κ3) is 5.57. The van der Waals surface area contributed by atoms with Crippen molar-refractivity contribution in [2.24, 2.45) is 5.92 Å². The van der Waals surface area contributed by atoms with Gasteiger partial charge in [0.1, 0.15) is 0 Å². The zero-order chi connectivity index (χ0) is 15.0. The summed E-state index contributed by atoms with van der Waals surface area (Å²) in [6.45, 7) is 7.43. The fraction of sp³-hybridized carbons (Fsp3) is 0.600. The first kappa shape index (κ1) is 16.4. The standard InChI is InChI=1S/C15H25N3O2/c1-12(6-9-19)10-17-14(20)18-11-15(2,3)13-4-7-16-8-5-13/h4-5,7-8,12,19H,6,9-11H2,1-3H3,(H2,17,18,20). The van der Waals surface area contributed by atoms with Crippen molar-refractivity contribution in [2.75, 3.05) is 19.7 Å². The molecular weight excluding hydrogens is 254 g/mol. The Bertz CT molecular complexity index is 407. The second kappa shape index (κ2) is 7.85. The van der Waals surface area contributed by atoms with E-state index in [1.807, 2.05) is 19.1 Å². The molecule has 0 saturated heterocycles. The van der Waals surface area contributed by atoms with Crippen molar-refractivity contribution >= 4 is 6.03 Å². The van der Waals surface area contributed by atoms with Crippen molar-refractivity contribution in [2.45, 2.75) is 32.6 Å². The van der Waals surface area contributed by atoms with Gasteiger partial charge in [0.05, 0.1) is 0 Å². The fourth-order valence-corrected chi connectivity index (χ4v) is 1.86. The van der Waals surface area contributed by atoms with Gasteiger partial charge in [0.15, 0.2) is 0 Å². The first-order valence-corrected chi connectivity index (χ1v) is 6.99. The number of aliphatic hydroxyl groups is 1. The summed E-state index contributed by atoms with van der Waals surface area (Å²) in [5.74, 6) is 0.277. The van der Waals surface area contributed by atoms with E-state index in [1.165, 1.54) is 0 Å². The fourth-order valence-electron chi connectivity index (χ4n) is 1.86. The molecule has 1 heterocycles. The summed E-state index contributed by atoms with van der Waals surface area (Å²) in [6, 6.07) is 3.75. The number of amides is 2. The minimum absolute atomic E-state index is 0.142. The van der Waals surface area contributed by atoms with E-state index >= 15 is 0 Å². The topological polar surface area (TPSA) is 74.2 Å². The lowest BCUT2D eigenvalue weighted by Crippen LogP contribution is -2.43. The largest absolute Gasteiger partial charge is 0.396 e. The van der Waals surface area contributed by atoms with Crippen LogP contribution in [-0.2, 0) is 5.41 Å². The maximum absolute atomic E-state index is 11.7. The van der Waals surface area contributed by atoms with Crippen molar-refractivity contribution in [3.63, 3.8) is 0 Å². The van der Waals surface area contributed by atoms with Gasteiger partial charge in [0.2, 0.25) is 0 Å². The predicted octanol–water partition coefficient (Wildman–Crippen LogP) is 1.68. The number of aliphatic hydroxyl groups excluding tert-OH is 1. The second-order valence-corrected chi connectivity index (χ2v) is 5.80. The average molecular weight is 279 g/mol. The van der Waals surface area contributed by atoms with Crippen LogP contribution in [0.4, 0.5) is 4.79 Å². The summed E-state index contributed by atoms with van der Waals surface area (Å²) < 4.78 is 0. The van der Waals surface area contributed by atoms with Crippen LogP contribution >= 0.6 is 0 Å². The van der Waals surface area contributed by atoms with Gasteiger partial charge in [-0.3, -0.25) is 4.98 Å². The minimum atomic E-state index is -0.170. The Morgan fingerprint density at radius 1 is 1.35 bits per heavy atom. The molecule has 0 aromatic carbocycles. The van der Waals surface area contributed by atoms with Crippen LogP contribution in [0.3, 0.4) is 0 Å². The number of rotatable bonds is 7. The van der Waals surface area contributed by atoms with E-state index in [0.29, 0.717) is 19.5 Å². The highest BCUT2D eigenvalue weighted by Crippen LogP contribution is 2.20. The van der Waals surface area contributed by atoms with Gasteiger partial charge in [-0.25, -0.2) is 4.79 Å². The molecule has 1 aromatic rings. The summed E-state index contributed by atoms with van der Waals surface area (Å²) >= 11 is 0. The van der Waals surface area contributed by atoms with E-state index in [-0.39, 0.29) is 24.0 Å². The summed E-state index contributed by atoms with van der Waals surface area (Å²) in [6.07, 6.45) is 4.21. The zero-order valence-electron chi connectivity index (χ0n) is 12.5. The Kier molecular flexibility index (Phi) is 6.45. The maximum atomic E-state index is 11.7. The van der Waals surface area contributed by atoms with Crippen LogP contribution in [0, 0.1) is 5.92 Å². The van der Waals surface area contributed by atoms with Crippen molar-refractivity contribution in [1.82, 2.24) is 15.6 Å². The van der Waals surface area contributed by atoms with E-state index in [0.717, 1.165) is 5.56 Å². The molecule has 0 saturated carbocycles. The van der Waals surface area contributed by atoms with E-state index in [1.54, 1.807) is 12.4 Å². The van der Waals surface area contributed by atoms with Crippen LogP contribution < -0.4 is 10.6 Å². The number of carbonyl (C=O) groups excluding carboxylic acids is 1. The first-order chi connectivity index (χ1) is 9.45. The molecule has 0 radical (unpaired) electrons. The number of nitrogens with zero attached hydrogens (tertiary/aromatic N) is 1. The number of aromatic nitrogens is 1. The van der Waals surface area contributed by atoms with Crippen molar-refractivity contribution in [3.8, 4) is 0 Å². The summed E-state index contributed by atoms with van der Waals surface area (Å²) in [5, 5.41) is 14.5. The molecule has 3 N–H and O–H groups in total. The Hall–Kier alpha value is -1.62. The molecule has 0 aliphatic carbocycles. The molecule has 0 fully saturated rings. The summed E-state index contributed by atoms with van der Waals surface area (Å²) in [7, 11) is 0. The Morgan fingerprint density at radius 3 is 2.60 bits per heavy atom. The molecule has 112 valence electrons. The number of hydrogen-bond acceptors (Lipinski definition) is 3. The number of nitrogens with one attached hydrogen (secondary N) is 2. The molecule has 1 atom stereocenters. The number of hydrogen-bond donors (Lipinski definition) is 3. The molecule has 2 amide bonds. The number of carbonyl (C=O) groups is 1. The highest BCUT2D eigenvalue weighted by molar-refractivity contribution is 5.73. The van der Waals surface area contributed by atoms with Gasteiger partial charge in [-0.15, -0.1) is 0 Å². The Morgan fingerprint density at radius 2 is 2.00 bits per heavy atom. The molecule has 1 unspecified atom stereocenters. The van der Waals surface area contributed by atoms with Crippen LogP contribution in [0.15, 0.2) is 24.5 Å². The van der Waals surface area contributed by atoms with Crippen LogP contribution in [-0.4, -0.2) is 35.8 Å². The Labute approximate surface area is 120 Å². The smallest absolute Gasteiger partial charge is 0.314 e. The van der Waals surface area contributed by atoms with Crippen LogP contribution in [0.5, 0.6) is 0 Å². The predicted molar refractivity (Wildman–Crippen MR) is 79.5 cm³/mol. The van der Waals surface area contributed by atoms with Crippen molar-refractivity contribution < 1.29 is 9.90 Å². The highest BCUT2D eigenvalue weighted by Gasteiger charge is 2.21. The molecule has 5 heteroatoms. The van der Waals surface area contributed by atoms with E-state index in [2.05, 4.69) is 29.5 Å². The second-order valence-electron chi connectivity index (χ2n) is 5.80. The van der Waals surface area contributed by atoms with Gasteiger partial charge >= 0.3 is 6.03 Å². The molecule has 0 aliphatic heterocycles. The van der Waals surface area contributed by atoms with E-state index in [4.69, 9.17) is 5.11 Å². The van der Waals surface area contributed by atoms with Gasteiger partial charge in [0, 0.05) is 37.5 Å². The van der Waals surface area contributed by atoms with Crippen molar-refractivity contribution in [3.05, 3.63) is 30.1 Å². The highest BCUT2D eigenvalue weighted by atomic mass is 16.3. The van der Waals surface area contributed by atoms with E-state index in [9.17, 15) is 4.79 Å². The van der Waals surface area contributed by atoms with Gasteiger partial charge in [-0.1, -0.05) is 20.8 Å². The van der Waals surface area contributed by atoms with Gasteiger partial charge in [-0.2, -0.15) is 0 Å². The molecule has 0 aliphatic rings. The summed E-state index contributed by atoms with van der Waals surface area (Å²) in [4.78, 5) is 15.7. The van der Waals surface area contributed by atoms with Gasteiger partial charge < -0.3 is 15.7 Å². The monoisotopic (exact) mass is 279 g/mol.